The van der Waals surface area contributed by atoms with Gasteiger partial charge in [0.1, 0.15) is 12.2 Å². The number of aliphatic hydroxyl groups is 4. The van der Waals surface area contributed by atoms with Gasteiger partial charge in [-0.1, -0.05) is 6.92 Å². The molecule has 1 aliphatic heterocycles. The van der Waals surface area contributed by atoms with E-state index in [4.69, 9.17) is 14.2 Å². The molecule has 0 radical (unpaired) electrons. The summed E-state index contributed by atoms with van der Waals surface area (Å²) in [6.45, 7) is 5.97. The molecule has 4 N–H and O–H groups in total. The molecule has 8 unspecified atom stereocenters. The Hall–Kier alpha value is -1.52. The predicted molar refractivity (Wildman–Crippen MR) is 98.5 cm³/mol. The Balaban J connectivity index is 2.21. The van der Waals surface area contributed by atoms with E-state index in [2.05, 4.69) is 0 Å². The summed E-state index contributed by atoms with van der Waals surface area (Å²) >= 11 is 0. The normalized spacial score (nSPS) is 46.8. The minimum Gasteiger partial charge on any atom is -0.459 e. The van der Waals surface area contributed by atoms with E-state index in [0.29, 0.717) is 12.0 Å². The van der Waals surface area contributed by atoms with Gasteiger partial charge in [-0.25, -0.2) is 4.79 Å². The molecule has 8 atom stereocenters. The molecule has 2 aliphatic carbocycles. The third-order valence-electron chi connectivity index (χ3n) is 6.69. The van der Waals surface area contributed by atoms with E-state index in [1.807, 2.05) is 0 Å². The van der Waals surface area contributed by atoms with Gasteiger partial charge >= 0.3 is 11.9 Å². The molecule has 1 saturated carbocycles. The molecule has 9 nitrogen and oxygen atoms in total. The first kappa shape index (κ1) is 22.2. The molecular weight excluding hydrogens is 384 g/mol. The van der Waals surface area contributed by atoms with Crippen molar-refractivity contribution < 1.29 is 44.2 Å². The van der Waals surface area contributed by atoms with Crippen LogP contribution in [0.3, 0.4) is 0 Å². The molecule has 29 heavy (non-hydrogen) atoms. The number of carbonyl (C=O) groups is 2. The highest BCUT2D eigenvalue weighted by molar-refractivity contribution is 5.85. The Morgan fingerprint density at radius 3 is 2.45 bits per heavy atom. The van der Waals surface area contributed by atoms with Gasteiger partial charge in [0.2, 0.25) is 0 Å². The van der Waals surface area contributed by atoms with E-state index in [9.17, 15) is 30.0 Å². The van der Waals surface area contributed by atoms with Crippen LogP contribution in [0.5, 0.6) is 0 Å². The lowest BCUT2D eigenvalue weighted by atomic mass is 9.75. The van der Waals surface area contributed by atoms with Crippen LogP contribution in [0, 0.1) is 5.92 Å². The lowest BCUT2D eigenvalue weighted by Crippen LogP contribution is -2.64. The number of fused-ring (bicyclic) bond motifs is 3. The van der Waals surface area contributed by atoms with Gasteiger partial charge in [0.05, 0.1) is 11.7 Å². The molecule has 3 aliphatic rings. The van der Waals surface area contributed by atoms with Crippen LogP contribution in [0.25, 0.3) is 0 Å². The molecule has 9 heteroatoms. The van der Waals surface area contributed by atoms with Crippen LogP contribution < -0.4 is 0 Å². The highest BCUT2D eigenvalue weighted by atomic mass is 16.6. The molecule has 0 spiro atoms. The Morgan fingerprint density at radius 2 is 1.90 bits per heavy atom. The Kier molecular flexibility index (Phi) is 5.37. The van der Waals surface area contributed by atoms with E-state index >= 15 is 0 Å². The third kappa shape index (κ3) is 2.94. The van der Waals surface area contributed by atoms with Crippen molar-refractivity contribution in [2.45, 2.75) is 88.2 Å². The zero-order valence-electron chi connectivity index (χ0n) is 17.3. The van der Waals surface area contributed by atoms with Gasteiger partial charge in [-0.05, 0) is 38.3 Å². The highest BCUT2D eigenvalue weighted by Crippen LogP contribution is 2.55. The Bertz CT molecular complexity index is 740. The van der Waals surface area contributed by atoms with Crippen molar-refractivity contribution in [3.63, 3.8) is 0 Å². The van der Waals surface area contributed by atoms with E-state index < -0.39 is 59.1 Å². The van der Waals surface area contributed by atoms with Gasteiger partial charge in [-0.2, -0.15) is 0 Å². The zero-order chi connectivity index (χ0) is 21.9. The lowest BCUT2D eigenvalue weighted by molar-refractivity contribution is -0.208. The maximum absolute atomic E-state index is 12.5. The monoisotopic (exact) mass is 414 g/mol. The molecule has 164 valence electrons. The maximum atomic E-state index is 12.5. The van der Waals surface area contributed by atoms with Crippen molar-refractivity contribution in [3.05, 3.63) is 11.1 Å². The van der Waals surface area contributed by atoms with E-state index in [1.165, 1.54) is 14.0 Å². The second kappa shape index (κ2) is 7.02. The smallest absolute Gasteiger partial charge is 0.341 e. The van der Waals surface area contributed by atoms with Crippen LogP contribution >= 0.6 is 0 Å². The number of hydrogen-bond donors (Lipinski definition) is 4. The maximum Gasteiger partial charge on any atom is 0.341 e. The number of esters is 2. The van der Waals surface area contributed by atoms with Gasteiger partial charge in [0.15, 0.2) is 17.3 Å². The van der Waals surface area contributed by atoms with Crippen LogP contribution in [-0.4, -0.2) is 80.7 Å². The lowest BCUT2D eigenvalue weighted by Gasteiger charge is -2.40. The van der Waals surface area contributed by atoms with Gasteiger partial charge in [-0.3, -0.25) is 4.79 Å². The van der Waals surface area contributed by atoms with E-state index in [-0.39, 0.29) is 18.4 Å². The standard InChI is InChI=1S/C20H30O9/c1-6-7-11(21)28-10-8-18(3,24)13-12(9(2)15(27-5)14(13)22)16-20(10,26)19(4,25)17(23)29-16/h10,13-16,22,24-26H,6-8H2,1-5H3. The summed E-state index contributed by atoms with van der Waals surface area (Å²) in [7, 11) is 1.40. The summed E-state index contributed by atoms with van der Waals surface area (Å²) in [5.74, 6) is -2.67. The molecule has 0 aromatic rings. The molecular formula is C20H30O9. The average molecular weight is 414 g/mol. The van der Waals surface area contributed by atoms with Crippen molar-refractivity contribution in [3.8, 4) is 0 Å². The molecule has 0 amide bonds. The fourth-order valence-electron chi connectivity index (χ4n) is 5.14. The summed E-state index contributed by atoms with van der Waals surface area (Å²) < 4.78 is 16.2. The fraction of sp³-hybridized carbons (Fsp3) is 0.800. The van der Waals surface area contributed by atoms with Gasteiger partial charge < -0.3 is 34.6 Å². The number of hydrogen-bond acceptors (Lipinski definition) is 9. The third-order valence-corrected chi connectivity index (χ3v) is 6.69. The minimum atomic E-state index is -2.40. The van der Waals surface area contributed by atoms with Crippen LogP contribution in [0.4, 0.5) is 0 Å². The summed E-state index contributed by atoms with van der Waals surface area (Å²) in [6, 6.07) is 0. The van der Waals surface area contributed by atoms with Crippen molar-refractivity contribution >= 4 is 11.9 Å². The van der Waals surface area contributed by atoms with Crippen LogP contribution in [0.15, 0.2) is 11.1 Å². The number of aliphatic hydroxyl groups excluding tert-OH is 1. The van der Waals surface area contributed by atoms with Crippen molar-refractivity contribution in [1.29, 1.82) is 0 Å². The average Bonchev–Trinajstić information content (AvgIpc) is 2.94. The largest absolute Gasteiger partial charge is 0.459 e. The molecule has 1 saturated heterocycles. The summed E-state index contributed by atoms with van der Waals surface area (Å²) in [5.41, 5.74) is -5.64. The second-order valence-electron chi connectivity index (χ2n) is 8.74. The molecule has 2 fully saturated rings. The predicted octanol–water partition coefficient (Wildman–Crippen LogP) is -0.417. The molecule has 3 rings (SSSR count). The van der Waals surface area contributed by atoms with Crippen LogP contribution in [0.1, 0.15) is 47.0 Å². The van der Waals surface area contributed by atoms with Gasteiger partial charge in [-0.15, -0.1) is 0 Å². The molecule has 0 aromatic carbocycles. The summed E-state index contributed by atoms with van der Waals surface area (Å²) in [4.78, 5) is 24.7. The summed E-state index contributed by atoms with van der Waals surface area (Å²) in [6.07, 6.45) is -4.58. The Labute approximate surface area is 169 Å². The quantitative estimate of drug-likeness (QED) is 0.356. The first-order valence-corrected chi connectivity index (χ1v) is 9.83. The molecule has 1 heterocycles. The van der Waals surface area contributed by atoms with Gasteiger partial charge in [0, 0.05) is 25.9 Å². The van der Waals surface area contributed by atoms with E-state index in [1.54, 1.807) is 13.8 Å². The topological polar surface area (TPSA) is 143 Å². The second-order valence-corrected chi connectivity index (χ2v) is 8.74. The van der Waals surface area contributed by atoms with Crippen LogP contribution in [0.2, 0.25) is 0 Å². The zero-order valence-corrected chi connectivity index (χ0v) is 17.3. The number of carbonyl (C=O) groups excluding carboxylic acids is 2. The number of methoxy groups -OCH3 is 1. The van der Waals surface area contributed by atoms with Crippen LogP contribution in [-0.2, 0) is 23.8 Å². The highest BCUT2D eigenvalue weighted by Gasteiger charge is 2.74. The Morgan fingerprint density at radius 1 is 1.28 bits per heavy atom. The SMILES string of the molecule is CCCC(=O)OC1CC(C)(O)C2C(=C(C)C(OC)C2O)C2OC(=O)C(C)(O)C12O. The van der Waals surface area contributed by atoms with Crippen molar-refractivity contribution in [1.82, 2.24) is 0 Å². The summed E-state index contributed by atoms with van der Waals surface area (Å²) in [5, 5.41) is 44.7. The van der Waals surface area contributed by atoms with Gasteiger partial charge in [0.25, 0.3) is 0 Å². The first-order valence-electron chi connectivity index (χ1n) is 9.83. The molecule has 0 bridgehead atoms. The minimum absolute atomic E-state index is 0.0653. The molecule has 0 aromatic heterocycles. The fourth-order valence-corrected chi connectivity index (χ4v) is 5.14. The first-order chi connectivity index (χ1) is 13.3. The number of rotatable bonds is 4. The van der Waals surface area contributed by atoms with Crippen molar-refractivity contribution in [2.24, 2.45) is 5.92 Å². The number of ether oxygens (including phenoxy) is 3. The van der Waals surface area contributed by atoms with Crippen molar-refractivity contribution in [2.75, 3.05) is 7.11 Å². The van der Waals surface area contributed by atoms with E-state index in [0.717, 1.165) is 6.92 Å².